The first kappa shape index (κ1) is 17.7. The molecule has 2 aliphatic carbocycles. The maximum absolute atomic E-state index is 12.8. The first-order chi connectivity index (χ1) is 13.0. The number of anilines is 2. The van der Waals surface area contributed by atoms with E-state index in [-0.39, 0.29) is 48.8 Å². The van der Waals surface area contributed by atoms with Crippen molar-refractivity contribution in [2.24, 2.45) is 23.7 Å². The van der Waals surface area contributed by atoms with Crippen LogP contribution in [0.4, 0.5) is 11.4 Å². The average molecular weight is 370 g/mol. The van der Waals surface area contributed by atoms with Gasteiger partial charge in [0, 0.05) is 18.5 Å². The van der Waals surface area contributed by atoms with E-state index in [1.54, 1.807) is 24.3 Å². The number of hydrogen-bond donors (Lipinski definition) is 2. The second-order valence-electron chi connectivity index (χ2n) is 7.74. The minimum absolute atomic E-state index is 0.0458. The summed E-state index contributed by atoms with van der Waals surface area (Å²) in [5.74, 6) is -0.939. The maximum atomic E-state index is 12.8. The van der Waals surface area contributed by atoms with Gasteiger partial charge in [-0.3, -0.25) is 24.1 Å². The smallest absolute Gasteiger partial charge is 0.303 e. The van der Waals surface area contributed by atoms with E-state index < -0.39 is 5.97 Å². The molecule has 7 nitrogen and oxygen atoms in total. The molecule has 1 saturated heterocycles. The third-order valence-corrected chi connectivity index (χ3v) is 6.13. The minimum atomic E-state index is -0.926. The SMILES string of the molecule is O=C(O)CCCC(=O)Nc1ccc(N2C(=O)[C@@H]3[C@@H]4CC[C@H](C4)[C@@H]3C2=O)cc1. The zero-order valence-electron chi connectivity index (χ0n) is 14.9. The Bertz CT molecular complexity index is 775. The molecule has 4 atom stereocenters. The Morgan fingerprint density at radius 3 is 2.15 bits per heavy atom. The van der Waals surface area contributed by atoms with E-state index in [1.807, 2.05) is 0 Å². The molecule has 2 saturated carbocycles. The summed E-state index contributed by atoms with van der Waals surface area (Å²) in [6, 6.07) is 6.67. The predicted molar refractivity (Wildman–Crippen MR) is 96.9 cm³/mol. The third-order valence-electron chi connectivity index (χ3n) is 6.13. The number of aliphatic carboxylic acids is 1. The standard InChI is InChI=1S/C20H22N2O5/c23-15(2-1-3-16(24)25)21-13-6-8-14(9-7-13)22-19(26)17-11-4-5-12(10-11)18(17)20(22)27/h6-9,11-12,17-18H,1-5,10H2,(H,21,23)(H,24,25)/t11-,12-,17-,18+/m1/s1. The van der Waals surface area contributed by atoms with Crippen LogP contribution in [0.5, 0.6) is 0 Å². The lowest BCUT2D eigenvalue weighted by Crippen LogP contribution is -2.32. The molecule has 4 rings (SSSR count). The Morgan fingerprint density at radius 1 is 1.00 bits per heavy atom. The fourth-order valence-corrected chi connectivity index (χ4v) is 4.98. The second kappa shape index (κ2) is 6.79. The molecule has 3 amide bonds. The number of carbonyl (C=O) groups is 4. The van der Waals surface area contributed by atoms with Gasteiger partial charge in [0.1, 0.15) is 0 Å². The summed E-state index contributed by atoms with van der Waals surface area (Å²) in [4.78, 5) is 49.2. The molecular formula is C20H22N2O5. The number of rotatable bonds is 6. The number of carboxylic acid groups (broad SMARTS) is 1. The second-order valence-corrected chi connectivity index (χ2v) is 7.74. The van der Waals surface area contributed by atoms with Gasteiger partial charge in [-0.1, -0.05) is 0 Å². The normalized spacial score (nSPS) is 28.5. The van der Waals surface area contributed by atoms with Gasteiger partial charge < -0.3 is 10.4 Å². The van der Waals surface area contributed by atoms with E-state index in [0.29, 0.717) is 23.2 Å². The molecule has 0 aromatic heterocycles. The summed E-state index contributed by atoms with van der Waals surface area (Å²) in [6.45, 7) is 0. The van der Waals surface area contributed by atoms with Crippen molar-refractivity contribution in [2.75, 3.05) is 10.2 Å². The van der Waals surface area contributed by atoms with Crippen molar-refractivity contribution in [1.29, 1.82) is 0 Å². The first-order valence-electron chi connectivity index (χ1n) is 9.45. The van der Waals surface area contributed by atoms with Crippen LogP contribution in [0.25, 0.3) is 0 Å². The molecule has 1 aromatic carbocycles. The molecular weight excluding hydrogens is 348 g/mol. The van der Waals surface area contributed by atoms with Crippen molar-refractivity contribution in [3.05, 3.63) is 24.3 Å². The van der Waals surface area contributed by atoms with Gasteiger partial charge in [0.25, 0.3) is 0 Å². The molecule has 2 N–H and O–H groups in total. The van der Waals surface area contributed by atoms with Gasteiger partial charge in [0.05, 0.1) is 17.5 Å². The molecule has 142 valence electrons. The predicted octanol–water partition coefficient (Wildman–Crippen LogP) is 2.42. The Morgan fingerprint density at radius 2 is 1.59 bits per heavy atom. The fraction of sp³-hybridized carbons (Fsp3) is 0.500. The number of hydrogen-bond acceptors (Lipinski definition) is 4. The summed E-state index contributed by atoms with van der Waals surface area (Å²) >= 11 is 0. The number of benzene rings is 1. The van der Waals surface area contributed by atoms with Crippen LogP contribution >= 0.6 is 0 Å². The topological polar surface area (TPSA) is 104 Å². The molecule has 0 spiro atoms. The Balaban J connectivity index is 1.41. The number of fused-ring (bicyclic) bond motifs is 5. The zero-order chi connectivity index (χ0) is 19.1. The summed E-state index contributed by atoms with van der Waals surface area (Å²) in [6.07, 6.45) is 3.46. The van der Waals surface area contributed by atoms with Crippen LogP contribution in [0.1, 0.15) is 38.5 Å². The quantitative estimate of drug-likeness (QED) is 0.749. The highest BCUT2D eigenvalue weighted by Gasteiger charge is 2.61. The number of carboxylic acids is 1. The largest absolute Gasteiger partial charge is 0.481 e. The lowest BCUT2D eigenvalue weighted by atomic mass is 9.81. The highest BCUT2D eigenvalue weighted by molar-refractivity contribution is 6.22. The first-order valence-corrected chi connectivity index (χ1v) is 9.45. The van der Waals surface area contributed by atoms with Gasteiger partial charge >= 0.3 is 5.97 Å². The van der Waals surface area contributed by atoms with Gasteiger partial charge in [-0.05, 0) is 61.8 Å². The Kier molecular flexibility index (Phi) is 4.45. The van der Waals surface area contributed by atoms with Crippen LogP contribution in [0.15, 0.2) is 24.3 Å². The van der Waals surface area contributed by atoms with Crippen molar-refractivity contribution < 1.29 is 24.3 Å². The van der Waals surface area contributed by atoms with Gasteiger partial charge in [0.2, 0.25) is 17.7 Å². The molecule has 0 unspecified atom stereocenters. The number of nitrogens with zero attached hydrogens (tertiary/aromatic N) is 1. The van der Waals surface area contributed by atoms with E-state index in [9.17, 15) is 19.2 Å². The maximum Gasteiger partial charge on any atom is 0.303 e. The number of amides is 3. The van der Waals surface area contributed by atoms with Crippen molar-refractivity contribution in [1.82, 2.24) is 0 Å². The van der Waals surface area contributed by atoms with Crippen LogP contribution in [-0.4, -0.2) is 28.8 Å². The lowest BCUT2D eigenvalue weighted by Gasteiger charge is -2.19. The van der Waals surface area contributed by atoms with E-state index in [2.05, 4.69) is 5.32 Å². The van der Waals surface area contributed by atoms with Crippen LogP contribution in [-0.2, 0) is 19.2 Å². The number of carbonyl (C=O) groups excluding carboxylic acids is 3. The van der Waals surface area contributed by atoms with Gasteiger partial charge in [-0.2, -0.15) is 0 Å². The highest BCUT2D eigenvalue weighted by Crippen LogP contribution is 2.56. The van der Waals surface area contributed by atoms with E-state index in [4.69, 9.17) is 5.11 Å². The summed E-state index contributed by atoms with van der Waals surface area (Å²) in [5.41, 5.74) is 1.10. The molecule has 1 aromatic rings. The summed E-state index contributed by atoms with van der Waals surface area (Å²) < 4.78 is 0. The van der Waals surface area contributed by atoms with E-state index in [1.165, 1.54) is 4.90 Å². The van der Waals surface area contributed by atoms with Gasteiger partial charge in [-0.15, -0.1) is 0 Å². The molecule has 3 fully saturated rings. The van der Waals surface area contributed by atoms with Crippen molar-refractivity contribution in [3.8, 4) is 0 Å². The molecule has 0 radical (unpaired) electrons. The molecule has 7 heteroatoms. The molecule has 3 aliphatic rings. The van der Waals surface area contributed by atoms with Crippen LogP contribution in [0.3, 0.4) is 0 Å². The fourth-order valence-electron chi connectivity index (χ4n) is 4.98. The minimum Gasteiger partial charge on any atom is -0.481 e. The lowest BCUT2D eigenvalue weighted by molar-refractivity contribution is -0.137. The van der Waals surface area contributed by atoms with E-state index >= 15 is 0 Å². The van der Waals surface area contributed by atoms with Crippen molar-refractivity contribution in [2.45, 2.75) is 38.5 Å². The number of imide groups is 1. The van der Waals surface area contributed by atoms with Crippen LogP contribution in [0, 0.1) is 23.7 Å². The molecule has 2 bridgehead atoms. The average Bonchev–Trinajstić information content (AvgIpc) is 3.30. The summed E-state index contributed by atoms with van der Waals surface area (Å²) in [7, 11) is 0. The van der Waals surface area contributed by atoms with Crippen molar-refractivity contribution in [3.63, 3.8) is 0 Å². The zero-order valence-corrected chi connectivity index (χ0v) is 14.9. The van der Waals surface area contributed by atoms with Crippen LogP contribution < -0.4 is 10.2 Å². The molecule has 1 heterocycles. The van der Waals surface area contributed by atoms with Gasteiger partial charge in [0.15, 0.2) is 0 Å². The highest BCUT2D eigenvalue weighted by atomic mass is 16.4. The van der Waals surface area contributed by atoms with Gasteiger partial charge in [-0.25, -0.2) is 0 Å². The number of nitrogens with one attached hydrogen (secondary N) is 1. The van der Waals surface area contributed by atoms with Crippen molar-refractivity contribution >= 4 is 35.1 Å². The molecule has 1 aliphatic heterocycles. The Hall–Kier alpha value is -2.70. The van der Waals surface area contributed by atoms with Crippen LogP contribution in [0.2, 0.25) is 0 Å². The van der Waals surface area contributed by atoms with E-state index in [0.717, 1.165) is 19.3 Å². The molecule has 27 heavy (non-hydrogen) atoms. The third kappa shape index (κ3) is 3.11. The Labute approximate surface area is 156 Å². The monoisotopic (exact) mass is 370 g/mol. The summed E-state index contributed by atoms with van der Waals surface area (Å²) in [5, 5.41) is 11.3.